The van der Waals surface area contributed by atoms with Gasteiger partial charge in [0.1, 0.15) is 11.5 Å². The van der Waals surface area contributed by atoms with Gasteiger partial charge in [-0.15, -0.1) is 0 Å². The molecule has 4 aromatic rings. The van der Waals surface area contributed by atoms with E-state index >= 15 is 0 Å². The third kappa shape index (κ3) is 5.29. The molecule has 3 aromatic carbocycles. The molecule has 0 saturated carbocycles. The zero-order chi connectivity index (χ0) is 27.6. The fourth-order valence-electron chi connectivity index (χ4n) is 4.24. The van der Waals surface area contributed by atoms with Gasteiger partial charge >= 0.3 is 5.97 Å². The Morgan fingerprint density at radius 1 is 1.08 bits per heavy atom. The first-order valence-electron chi connectivity index (χ1n) is 12.4. The first kappa shape index (κ1) is 26.6. The minimum absolute atomic E-state index is 0.190. The second-order valence-corrected chi connectivity index (χ2v) is 9.59. The van der Waals surface area contributed by atoms with E-state index in [1.54, 1.807) is 31.4 Å². The van der Waals surface area contributed by atoms with Crippen molar-refractivity contribution in [3.8, 4) is 22.9 Å². The Bertz CT molecular complexity index is 1600. The van der Waals surface area contributed by atoms with Crippen LogP contribution in [-0.2, 0) is 4.79 Å². The second-order valence-electron chi connectivity index (χ2n) is 9.59. The maximum absolute atomic E-state index is 13.7. The van der Waals surface area contributed by atoms with Gasteiger partial charge in [0.15, 0.2) is 5.82 Å². The zero-order valence-electron chi connectivity index (χ0n) is 22.8. The van der Waals surface area contributed by atoms with Crippen molar-refractivity contribution in [3.63, 3.8) is 0 Å². The summed E-state index contributed by atoms with van der Waals surface area (Å²) in [4.78, 5) is 32.2. The number of anilines is 1. The lowest BCUT2D eigenvalue weighted by molar-refractivity contribution is -0.131. The summed E-state index contributed by atoms with van der Waals surface area (Å²) < 4.78 is 12.4. The number of hydrogen-bond acceptors (Lipinski definition) is 7. The van der Waals surface area contributed by atoms with Crippen LogP contribution in [0.3, 0.4) is 0 Å². The van der Waals surface area contributed by atoms with Crippen molar-refractivity contribution in [2.45, 2.75) is 33.6 Å². The Morgan fingerprint density at radius 3 is 2.47 bits per heavy atom. The Hall–Kier alpha value is -4.46. The van der Waals surface area contributed by atoms with Gasteiger partial charge in [-0.1, -0.05) is 26.0 Å². The van der Waals surface area contributed by atoms with Crippen molar-refractivity contribution in [1.82, 2.24) is 9.66 Å². The summed E-state index contributed by atoms with van der Waals surface area (Å²) in [5.41, 5.74) is 4.36. The number of ether oxygens (including phenoxy) is 2. The van der Waals surface area contributed by atoms with Gasteiger partial charge < -0.3 is 14.4 Å². The maximum Gasteiger partial charge on any atom is 0.308 e. The number of hydrogen-bond donors (Lipinski definition) is 0. The minimum atomic E-state index is -0.448. The van der Waals surface area contributed by atoms with Gasteiger partial charge in [0.2, 0.25) is 0 Å². The van der Waals surface area contributed by atoms with Crippen LogP contribution in [0.25, 0.3) is 22.3 Å². The number of fused-ring (bicyclic) bond motifs is 1. The summed E-state index contributed by atoms with van der Waals surface area (Å²) in [6.07, 6.45) is 1.52. The average Bonchev–Trinajstić information content (AvgIpc) is 2.87. The lowest BCUT2D eigenvalue weighted by atomic mass is 9.96. The molecule has 0 unspecified atom stereocenters. The largest absolute Gasteiger partial charge is 0.496 e. The highest BCUT2D eigenvalue weighted by atomic mass is 16.5. The van der Waals surface area contributed by atoms with E-state index in [4.69, 9.17) is 14.5 Å². The summed E-state index contributed by atoms with van der Waals surface area (Å²) >= 11 is 0. The van der Waals surface area contributed by atoms with Gasteiger partial charge in [-0.25, -0.2) is 4.98 Å². The predicted octanol–water partition coefficient (Wildman–Crippen LogP) is 5.38. The summed E-state index contributed by atoms with van der Waals surface area (Å²) in [5.74, 6) is 1.28. The molecule has 0 aliphatic carbocycles. The fourth-order valence-corrected chi connectivity index (χ4v) is 4.24. The fraction of sp³-hybridized carbons (Fsp3) is 0.267. The van der Waals surface area contributed by atoms with Crippen LogP contribution in [0.15, 0.2) is 64.5 Å². The number of benzene rings is 3. The van der Waals surface area contributed by atoms with Crippen molar-refractivity contribution >= 4 is 28.8 Å². The topological polar surface area (TPSA) is 86.0 Å². The van der Waals surface area contributed by atoms with E-state index in [0.717, 1.165) is 28.1 Å². The molecule has 1 aromatic heterocycles. The van der Waals surface area contributed by atoms with Crippen molar-refractivity contribution in [2.75, 3.05) is 26.1 Å². The van der Waals surface area contributed by atoms with Crippen molar-refractivity contribution in [2.24, 2.45) is 5.10 Å². The van der Waals surface area contributed by atoms with Gasteiger partial charge in [0.25, 0.3) is 5.56 Å². The van der Waals surface area contributed by atoms with Crippen LogP contribution >= 0.6 is 0 Å². The molecule has 0 amide bonds. The molecule has 0 spiro atoms. The van der Waals surface area contributed by atoms with Crippen LogP contribution in [0.2, 0.25) is 0 Å². The predicted molar refractivity (Wildman–Crippen MR) is 152 cm³/mol. The van der Waals surface area contributed by atoms with Crippen molar-refractivity contribution in [1.29, 1.82) is 0 Å². The minimum Gasteiger partial charge on any atom is -0.496 e. The number of methoxy groups -OCH3 is 1. The normalized spacial score (nSPS) is 11.4. The number of carbonyl (C=O) groups excluding carboxylic acids is 1. The lowest BCUT2D eigenvalue weighted by Crippen LogP contribution is -2.21. The van der Waals surface area contributed by atoms with E-state index in [0.29, 0.717) is 28.0 Å². The number of carbonyl (C=O) groups is 1. The maximum atomic E-state index is 13.7. The van der Waals surface area contributed by atoms with Crippen LogP contribution in [0, 0.1) is 6.92 Å². The molecule has 4 rings (SSSR count). The Labute approximate surface area is 222 Å². The van der Waals surface area contributed by atoms with E-state index < -0.39 is 5.97 Å². The van der Waals surface area contributed by atoms with Crippen LogP contribution in [0.5, 0.6) is 11.5 Å². The van der Waals surface area contributed by atoms with Gasteiger partial charge in [-0.2, -0.15) is 9.78 Å². The molecular formula is C30H32N4O4. The highest BCUT2D eigenvalue weighted by Crippen LogP contribution is 2.34. The van der Waals surface area contributed by atoms with Crippen molar-refractivity contribution in [3.05, 3.63) is 81.6 Å². The molecule has 0 atom stereocenters. The summed E-state index contributed by atoms with van der Waals surface area (Å²) in [6.45, 7) is 7.47. The van der Waals surface area contributed by atoms with Crippen LogP contribution in [-0.4, -0.2) is 43.0 Å². The van der Waals surface area contributed by atoms with Crippen LogP contribution < -0.4 is 19.9 Å². The highest BCUT2D eigenvalue weighted by molar-refractivity contribution is 5.87. The van der Waals surface area contributed by atoms with Gasteiger partial charge in [-0.05, 0) is 60.4 Å². The molecular weight excluding hydrogens is 480 g/mol. The summed E-state index contributed by atoms with van der Waals surface area (Å²) in [7, 11) is 5.45. The molecule has 0 fully saturated rings. The Morgan fingerprint density at radius 2 is 1.82 bits per heavy atom. The van der Waals surface area contributed by atoms with Crippen LogP contribution in [0.4, 0.5) is 5.69 Å². The van der Waals surface area contributed by atoms with E-state index in [1.165, 1.54) is 17.8 Å². The number of aryl methyl sites for hydroxylation is 1. The molecule has 0 aliphatic heterocycles. The smallest absolute Gasteiger partial charge is 0.308 e. The molecule has 38 heavy (non-hydrogen) atoms. The Balaban J connectivity index is 1.96. The summed E-state index contributed by atoms with van der Waals surface area (Å²) in [5, 5.41) is 5.03. The highest BCUT2D eigenvalue weighted by Gasteiger charge is 2.18. The molecule has 0 aliphatic rings. The summed E-state index contributed by atoms with van der Waals surface area (Å²) in [6, 6.07) is 16.6. The van der Waals surface area contributed by atoms with E-state index in [2.05, 4.69) is 18.9 Å². The third-order valence-electron chi connectivity index (χ3n) is 6.27. The van der Waals surface area contributed by atoms with E-state index in [1.807, 2.05) is 56.3 Å². The first-order chi connectivity index (χ1) is 18.1. The molecule has 0 saturated heterocycles. The molecule has 0 radical (unpaired) electrons. The van der Waals surface area contributed by atoms with Gasteiger partial charge in [0, 0.05) is 43.9 Å². The van der Waals surface area contributed by atoms with E-state index in [-0.39, 0.29) is 11.5 Å². The van der Waals surface area contributed by atoms with Crippen LogP contribution in [0.1, 0.15) is 43.4 Å². The monoisotopic (exact) mass is 512 g/mol. The van der Waals surface area contributed by atoms with E-state index in [9.17, 15) is 9.59 Å². The molecule has 1 heterocycles. The lowest BCUT2D eigenvalue weighted by Gasteiger charge is -2.17. The number of aromatic nitrogens is 2. The second kappa shape index (κ2) is 10.9. The number of rotatable bonds is 7. The number of para-hydroxylation sites is 1. The molecule has 196 valence electrons. The quantitative estimate of drug-likeness (QED) is 0.188. The zero-order valence-corrected chi connectivity index (χ0v) is 22.8. The SMILES string of the molecule is COc1cc(C)c(-c2nc3ccccc3c(=O)n2N=Cc2ccc(N(C)C)cc2OC(C)=O)cc1C(C)C. The average molecular weight is 513 g/mol. The van der Waals surface area contributed by atoms with Gasteiger partial charge in [-0.3, -0.25) is 9.59 Å². The van der Waals surface area contributed by atoms with Crippen molar-refractivity contribution < 1.29 is 14.3 Å². The first-order valence-corrected chi connectivity index (χ1v) is 12.4. The van der Waals surface area contributed by atoms with Gasteiger partial charge in [0.05, 0.1) is 24.2 Å². The molecule has 8 heteroatoms. The third-order valence-corrected chi connectivity index (χ3v) is 6.27. The molecule has 0 N–H and O–H groups in total. The molecule has 8 nitrogen and oxygen atoms in total. The standard InChI is InChI=1S/C30H32N4O4/c1-18(2)24-16-25(19(3)14-28(24)37-7)29-32-26-11-9-8-10-23(26)30(36)34(29)31-17-21-12-13-22(33(5)6)15-27(21)38-20(4)35/h8-18H,1-7H3. The number of esters is 1. The Kier molecular flexibility index (Phi) is 7.62. The molecule has 0 bridgehead atoms. The number of nitrogens with zero attached hydrogens (tertiary/aromatic N) is 4.